The number of likely N-dealkylation sites (tertiary alicyclic amines) is 1. The van der Waals surface area contributed by atoms with Crippen molar-refractivity contribution in [3.63, 3.8) is 0 Å². The lowest BCUT2D eigenvalue weighted by Crippen LogP contribution is -2.64. The van der Waals surface area contributed by atoms with Crippen LogP contribution in [0.4, 0.5) is 0 Å². The average Bonchev–Trinajstić information content (AvgIpc) is 3.17. The van der Waals surface area contributed by atoms with Gasteiger partial charge in [-0.15, -0.1) is 0 Å². The molecule has 0 unspecified atom stereocenters. The molecule has 0 radical (unpaired) electrons. The van der Waals surface area contributed by atoms with E-state index in [-0.39, 0.29) is 16.9 Å². The molecule has 5 rings (SSSR count). The highest BCUT2D eigenvalue weighted by atomic mass is 16.5. The molecule has 2 aromatic rings. The van der Waals surface area contributed by atoms with Gasteiger partial charge in [0.15, 0.2) is 0 Å². The van der Waals surface area contributed by atoms with Crippen LogP contribution in [-0.2, 0) is 16.6 Å². The Balaban J connectivity index is 1.37. The third kappa shape index (κ3) is 2.93. The van der Waals surface area contributed by atoms with E-state index in [2.05, 4.69) is 62.1 Å². The predicted octanol–water partition coefficient (Wildman–Crippen LogP) is 5.23. The Bertz CT molecular complexity index is 893. The molecule has 0 saturated carbocycles. The van der Waals surface area contributed by atoms with Gasteiger partial charge in [-0.1, -0.05) is 63.2 Å². The summed E-state index contributed by atoms with van der Waals surface area (Å²) in [5.41, 5.74) is 4.09. The minimum absolute atomic E-state index is 0.101. The lowest BCUT2D eigenvalue weighted by atomic mass is 9.51. The standard InChI is InChI=1S/C26H33NO2/c1-25(2)24-16-20-21(10-7-11-22(20)28)26(25,3)14-15-27(24)17-19-12-13-23(29-19)18-8-5-4-6-9-18/h4-11,19,23-24,28H,12-17H2,1-3H3/t19-,23+,24-,26+/m1/s1. The zero-order valence-electron chi connectivity index (χ0n) is 17.9. The normalized spacial score (nSPS) is 33.4. The maximum absolute atomic E-state index is 10.6. The molecule has 2 fully saturated rings. The van der Waals surface area contributed by atoms with Crippen LogP contribution in [0, 0.1) is 5.41 Å². The van der Waals surface area contributed by atoms with Gasteiger partial charge in [-0.25, -0.2) is 0 Å². The predicted molar refractivity (Wildman–Crippen MR) is 116 cm³/mol. The lowest BCUT2D eigenvalue weighted by molar-refractivity contribution is -0.0647. The lowest BCUT2D eigenvalue weighted by Gasteiger charge is -2.61. The van der Waals surface area contributed by atoms with Gasteiger partial charge in [0.1, 0.15) is 5.75 Å². The van der Waals surface area contributed by atoms with Gasteiger partial charge in [0.05, 0.1) is 12.2 Å². The third-order valence-electron chi connectivity index (χ3n) is 8.46. The number of piperidine rings is 1. The Kier molecular flexibility index (Phi) is 4.52. The molecule has 4 atom stereocenters. The van der Waals surface area contributed by atoms with E-state index >= 15 is 0 Å². The highest BCUT2D eigenvalue weighted by Gasteiger charge is 2.56. The fourth-order valence-electron chi connectivity index (χ4n) is 6.27. The summed E-state index contributed by atoms with van der Waals surface area (Å²) in [6, 6.07) is 17.2. The first-order valence-electron chi connectivity index (χ1n) is 11.2. The molecule has 1 aliphatic carbocycles. The molecule has 3 heteroatoms. The first kappa shape index (κ1) is 19.1. The number of benzene rings is 2. The summed E-state index contributed by atoms with van der Waals surface area (Å²) in [5, 5.41) is 10.6. The van der Waals surface area contributed by atoms with E-state index in [0.29, 0.717) is 17.9 Å². The van der Waals surface area contributed by atoms with Gasteiger partial charge in [-0.05, 0) is 60.4 Å². The maximum Gasteiger partial charge on any atom is 0.119 e. The van der Waals surface area contributed by atoms with Gasteiger partial charge in [0.25, 0.3) is 0 Å². The fraction of sp³-hybridized carbons (Fsp3) is 0.538. The summed E-state index contributed by atoms with van der Waals surface area (Å²) < 4.78 is 6.48. The van der Waals surface area contributed by atoms with E-state index < -0.39 is 0 Å². The molecule has 1 N–H and O–H groups in total. The molecule has 154 valence electrons. The Labute approximate surface area is 174 Å². The van der Waals surface area contributed by atoms with Crippen LogP contribution in [0.25, 0.3) is 0 Å². The molecule has 0 spiro atoms. The Hall–Kier alpha value is -1.84. The van der Waals surface area contributed by atoms with Crippen LogP contribution in [0.5, 0.6) is 5.75 Å². The summed E-state index contributed by atoms with van der Waals surface area (Å²) in [6.45, 7) is 9.37. The molecule has 2 bridgehead atoms. The van der Waals surface area contributed by atoms with E-state index in [1.165, 1.54) is 16.7 Å². The SMILES string of the molecule is CC1(C)[C@H]2Cc3c(O)cccc3[C@]1(C)CCN2C[C@H]1CC[C@@H](c2ccccc2)O1. The first-order chi connectivity index (χ1) is 13.9. The molecular formula is C26H33NO2. The van der Waals surface area contributed by atoms with Crippen LogP contribution in [0.3, 0.4) is 0 Å². The molecule has 2 saturated heterocycles. The zero-order valence-corrected chi connectivity index (χ0v) is 17.9. The first-order valence-corrected chi connectivity index (χ1v) is 11.2. The Morgan fingerprint density at radius 3 is 2.62 bits per heavy atom. The molecule has 0 amide bonds. The quantitative estimate of drug-likeness (QED) is 0.778. The van der Waals surface area contributed by atoms with E-state index in [9.17, 15) is 5.11 Å². The second kappa shape index (κ2) is 6.85. The number of hydrogen-bond acceptors (Lipinski definition) is 3. The van der Waals surface area contributed by atoms with Crippen molar-refractivity contribution in [3.8, 4) is 5.75 Å². The van der Waals surface area contributed by atoms with Crippen LogP contribution in [-0.4, -0.2) is 35.2 Å². The van der Waals surface area contributed by atoms with E-state index in [1.807, 2.05) is 12.1 Å². The molecule has 29 heavy (non-hydrogen) atoms. The fourth-order valence-corrected chi connectivity index (χ4v) is 6.27. The Morgan fingerprint density at radius 1 is 1.03 bits per heavy atom. The number of ether oxygens (including phenoxy) is 1. The molecule has 3 nitrogen and oxygen atoms in total. The van der Waals surface area contributed by atoms with E-state index in [1.54, 1.807) is 0 Å². The van der Waals surface area contributed by atoms with Crippen molar-refractivity contribution in [1.82, 2.24) is 4.90 Å². The van der Waals surface area contributed by atoms with Crippen molar-refractivity contribution in [1.29, 1.82) is 0 Å². The molecule has 3 aliphatic rings. The summed E-state index contributed by atoms with van der Waals surface area (Å²) >= 11 is 0. The van der Waals surface area contributed by atoms with Gasteiger partial charge < -0.3 is 9.84 Å². The average molecular weight is 392 g/mol. The van der Waals surface area contributed by atoms with Crippen LogP contribution >= 0.6 is 0 Å². The van der Waals surface area contributed by atoms with Gasteiger partial charge in [-0.3, -0.25) is 4.90 Å². The number of nitrogens with zero attached hydrogens (tertiary/aromatic N) is 1. The second-order valence-electron chi connectivity index (χ2n) is 10.1. The van der Waals surface area contributed by atoms with Gasteiger partial charge in [0, 0.05) is 18.0 Å². The van der Waals surface area contributed by atoms with Crippen molar-refractivity contribution >= 4 is 0 Å². The van der Waals surface area contributed by atoms with E-state index in [0.717, 1.165) is 38.8 Å². The number of rotatable bonds is 3. The van der Waals surface area contributed by atoms with Gasteiger partial charge >= 0.3 is 0 Å². The number of fused-ring (bicyclic) bond motifs is 4. The van der Waals surface area contributed by atoms with Gasteiger partial charge in [-0.2, -0.15) is 0 Å². The van der Waals surface area contributed by atoms with Crippen LogP contribution in [0.2, 0.25) is 0 Å². The molecule has 0 aromatic heterocycles. The molecule has 2 aromatic carbocycles. The summed E-state index contributed by atoms with van der Waals surface area (Å²) in [5.74, 6) is 0.470. The molecule has 2 aliphatic heterocycles. The third-order valence-corrected chi connectivity index (χ3v) is 8.46. The van der Waals surface area contributed by atoms with Crippen LogP contribution in [0.1, 0.15) is 62.8 Å². The summed E-state index contributed by atoms with van der Waals surface area (Å²) in [6.07, 6.45) is 4.83. The smallest absolute Gasteiger partial charge is 0.119 e. The number of aromatic hydroxyl groups is 1. The largest absolute Gasteiger partial charge is 0.508 e. The van der Waals surface area contributed by atoms with Crippen molar-refractivity contribution in [3.05, 3.63) is 65.2 Å². The van der Waals surface area contributed by atoms with Crippen molar-refractivity contribution in [2.75, 3.05) is 13.1 Å². The summed E-state index contributed by atoms with van der Waals surface area (Å²) in [4.78, 5) is 2.66. The Morgan fingerprint density at radius 2 is 1.83 bits per heavy atom. The van der Waals surface area contributed by atoms with Gasteiger partial charge in [0.2, 0.25) is 0 Å². The minimum atomic E-state index is 0.101. The molecular weight excluding hydrogens is 358 g/mol. The topological polar surface area (TPSA) is 32.7 Å². The van der Waals surface area contributed by atoms with Crippen molar-refractivity contribution < 1.29 is 9.84 Å². The highest BCUT2D eigenvalue weighted by Crippen LogP contribution is 2.57. The summed E-state index contributed by atoms with van der Waals surface area (Å²) in [7, 11) is 0. The number of phenolic OH excluding ortho intramolecular Hbond substituents is 1. The van der Waals surface area contributed by atoms with E-state index in [4.69, 9.17) is 4.74 Å². The van der Waals surface area contributed by atoms with Crippen LogP contribution in [0.15, 0.2) is 48.5 Å². The van der Waals surface area contributed by atoms with Crippen molar-refractivity contribution in [2.45, 2.75) is 70.1 Å². The minimum Gasteiger partial charge on any atom is -0.508 e. The number of phenols is 1. The highest BCUT2D eigenvalue weighted by molar-refractivity contribution is 5.48. The monoisotopic (exact) mass is 391 g/mol. The number of hydrogen-bond donors (Lipinski definition) is 1. The van der Waals surface area contributed by atoms with Crippen molar-refractivity contribution in [2.24, 2.45) is 5.41 Å². The molecule has 2 heterocycles. The zero-order chi connectivity index (χ0) is 20.2. The van der Waals surface area contributed by atoms with Crippen LogP contribution < -0.4 is 0 Å². The second-order valence-corrected chi connectivity index (χ2v) is 10.1. The maximum atomic E-state index is 10.6.